The van der Waals surface area contributed by atoms with E-state index >= 15 is 0 Å². The summed E-state index contributed by atoms with van der Waals surface area (Å²) in [5.41, 5.74) is 0. The number of halogens is 1. The lowest BCUT2D eigenvalue weighted by molar-refractivity contribution is 0.288. The highest BCUT2D eigenvalue weighted by Gasteiger charge is 2.30. The Morgan fingerprint density at radius 3 is 2.52 bits per heavy atom. The summed E-state index contributed by atoms with van der Waals surface area (Å²) in [5, 5.41) is 4.07. The molecule has 0 amide bonds. The number of nitrogens with zero attached hydrogens (tertiary/aromatic N) is 1. The second kappa shape index (κ2) is 7.31. The molecule has 1 heterocycles. The molecule has 1 aliphatic carbocycles. The first-order valence-corrected chi connectivity index (χ1v) is 11.1. The fourth-order valence-electron chi connectivity index (χ4n) is 2.91. The smallest absolute Gasteiger partial charge is 0.243 e. The van der Waals surface area contributed by atoms with E-state index in [-0.39, 0.29) is 0 Å². The van der Waals surface area contributed by atoms with Crippen molar-refractivity contribution >= 4 is 33.4 Å². The number of rotatable bonds is 6. The molecule has 1 saturated heterocycles. The lowest BCUT2D eigenvalue weighted by Gasteiger charge is -2.31. The molecule has 23 heavy (non-hydrogen) atoms. The minimum Gasteiger partial charge on any atom is -0.314 e. The van der Waals surface area contributed by atoms with Crippen molar-refractivity contribution in [2.24, 2.45) is 5.92 Å². The van der Waals surface area contributed by atoms with Gasteiger partial charge in [-0.1, -0.05) is 11.6 Å². The van der Waals surface area contributed by atoms with Crippen LogP contribution in [0.1, 0.15) is 25.7 Å². The molecule has 0 bridgehead atoms. The summed E-state index contributed by atoms with van der Waals surface area (Å²) in [6.07, 6.45) is 6.36. The number of nitrogens with one attached hydrogen (secondary N) is 1. The summed E-state index contributed by atoms with van der Waals surface area (Å²) in [6.45, 7) is 2.24. The van der Waals surface area contributed by atoms with Gasteiger partial charge in [-0.3, -0.25) is 0 Å². The van der Waals surface area contributed by atoms with Crippen LogP contribution in [0.25, 0.3) is 0 Å². The van der Waals surface area contributed by atoms with E-state index in [4.69, 9.17) is 11.6 Å². The average Bonchev–Trinajstić information content (AvgIpc) is 3.37. The SMILES string of the molecule is CSc1ccc(S(=O)(=O)N2CCC(NCC3CC3)CC2)cc1Cl. The highest BCUT2D eigenvalue weighted by atomic mass is 35.5. The molecule has 0 spiro atoms. The minimum absolute atomic E-state index is 0.296. The Kier molecular flexibility index (Phi) is 5.58. The van der Waals surface area contributed by atoms with Gasteiger partial charge < -0.3 is 5.32 Å². The highest BCUT2D eigenvalue weighted by molar-refractivity contribution is 7.98. The summed E-state index contributed by atoms with van der Waals surface area (Å²) < 4.78 is 27.1. The maximum absolute atomic E-state index is 12.8. The van der Waals surface area contributed by atoms with Crippen LogP contribution in [-0.2, 0) is 10.0 Å². The summed E-state index contributed by atoms with van der Waals surface area (Å²) in [7, 11) is -3.44. The third kappa shape index (κ3) is 4.23. The van der Waals surface area contributed by atoms with Gasteiger partial charge in [0.05, 0.1) is 9.92 Å². The largest absolute Gasteiger partial charge is 0.314 e. The van der Waals surface area contributed by atoms with Crippen molar-refractivity contribution < 1.29 is 8.42 Å². The van der Waals surface area contributed by atoms with Crippen LogP contribution in [0, 0.1) is 5.92 Å². The average molecular weight is 375 g/mol. The molecule has 2 fully saturated rings. The zero-order valence-corrected chi connectivity index (χ0v) is 15.7. The lowest BCUT2D eigenvalue weighted by atomic mass is 10.1. The predicted molar refractivity (Wildman–Crippen MR) is 95.7 cm³/mol. The lowest BCUT2D eigenvalue weighted by Crippen LogP contribution is -2.45. The van der Waals surface area contributed by atoms with Gasteiger partial charge in [0.2, 0.25) is 10.0 Å². The molecular weight excluding hydrogens is 352 g/mol. The molecule has 0 unspecified atom stereocenters. The van der Waals surface area contributed by atoms with Crippen LogP contribution in [0.15, 0.2) is 28.0 Å². The van der Waals surface area contributed by atoms with Crippen molar-refractivity contribution in [3.05, 3.63) is 23.2 Å². The van der Waals surface area contributed by atoms with Crippen LogP contribution in [-0.4, -0.2) is 44.7 Å². The molecule has 4 nitrogen and oxygen atoms in total. The number of thioether (sulfide) groups is 1. The van der Waals surface area contributed by atoms with Gasteiger partial charge in [0.15, 0.2) is 0 Å². The second-order valence-corrected chi connectivity index (χ2v) is 9.52. The van der Waals surface area contributed by atoms with E-state index in [1.54, 1.807) is 22.5 Å². The molecule has 1 saturated carbocycles. The standard InChI is InChI=1S/C16H23ClN2O2S2/c1-22-16-5-4-14(10-15(16)17)23(20,21)19-8-6-13(7-9-19)18-11-12-2-3-12/h4-5,10,12-13,18H,2-3,6-9,11H2,1H3. The molecule has 7 heteroatoms. The van der Waals surface area contributed by atoms with Crippen LogP contribution in [0.5, 0.6) is 0 Å². The highest BCUT2D eigenvalue weighted by Crippen LogP contribution is 2.30. The van der Waals surface area contributed by atoms with Crippen molar-refractivity contribution in [3.63, 3.8) is 0 Å². The summed E-state index contributed by atoms with van der Waals surface area (Å²) in [5.74, 6) is 0.855. The van der Waals surface area contributed by atoms with Crippen LogP contribution < -0.4 is 5.32 Å². The van der Waals surface area contributed by atoms with Gasteiger partial charge in [0.25, 0.3) is 0 Å². The van der Waals surface area contributed by atoms with Crippen LogP contribution in [0.2, 0.25) is 5.02 Å². The van der Waals surface area contributed by atoms with Gasteiger partial charge in [0.1, 0.15) is 0 Å². The zero-order valence-electron chi connectivity index (χ0n) is 13.3. The van der Waals surface area contributed by atoms with E-state index < -0.39 is 10.0 Å². The van der Waals surface area contributed by atoms with Gasteiger partial charge in [-0.2, -0.15) is 4.31 Å². The van der Waals surface area contributed by atoms with Gasteiger partial charge in [-0.25, -0.2) is 8.42 Å². The summed E-state index contributed by atoms with van der Waals surface area (Å²) >= 11 is 7.68. The van der Waals surface area contributed by atoms with Gasteiger partial charge in [0, 0.05) is 24.0 Å². The Labute approximate surface area is 148 Å². The molecule has 0 radical (unpaired) electrons. The number of sulfonamides is 1. The molecule has 2 aliphatic rings. The van der Waals surface area contributed by atoms with Crippen molar-refractivity contribution in [2.75, 3.05) is 25.9 Å². The number of hydrogen-bond acceptors (Lipinski definition) is 4. The van der Waals surface area contributed by atoms with Gasteiger partial charge in [-0.05, 0) is 62.6 Å². The predicted octanol–water partition coefficient (Wildman–Crippen LogP) is 3.21. The second-order valence-electron chi connectivity index (χ2n) is 6.33. The molecule has 1 aromatic rings. The maximum Gasteiger partial charge on any atom is 0.243 e. The zero-order chi connectivity index (χ0) is 16.4. The summed E-state index contributed by atoms with van der Waals surface area (Å²) in [4.78, 5) is 1.19. The first-order chi connectivity index (χ1) is 11.0. The van der Waals surface area contributed by atoms with E-state index in [1.165, 1.54) is 24.6 Å². The normalized spacial score (nSPS) is 20.8. The first-order valence-electron chi connectivity index (χ1n) is 8.08. The van der Waals surface area contributed by atoms with Crippen LogP contribution in [0.3, 0.4) is 0 Å². The van der Waals surface area contributed by atoms with Gasteiger partial charge in [-0.15, -0.1) is 11.8 Å². The molecule has 0 atom stereocenters. The van der Waals surface area contributed by atoms with Crippen LogP contribution >= 0.6 is 23.4 Å². The van der Waals surface area contributed by atoms with Gasteiger partial charge >= 0.3 is 0 Å². The van der Waals surface area contributed by atoms with E-state index in [1.807, 2.05) is 6.26 Å². The van der Waals surface area contributed by atoms with Crippen molar-refractivity contribution in [2.45, 2.75) is 41.5 Å². The molecule has 1 aromatic carbocycles. The van der Waals surface area contributed by atoms with E-state index in [0.29, 0.717) is 29.0 Å². The fourth-order valence-corrected chi connectivity index (χ4v) is 5.34. The van der Waals surface area contributed by atoms with E-state index in [9.17, 15) is 8.42 Å². The Morgan fingerprint density at radius 2 is 1.96 bits per heavy atom. The fraction of sp³-hybridized carbons (Fsp3) is 0.625. The van der Waals surface area contributed by atoms with E-state index in [2.05, 4.69) is 5.32 Å². The monoisotopic (exact) mass is 374 g/mol. The quantitative estimate of drug-likeness (QED) is 0.777. The minimum atomic E-state index is -3.44. The van der Waals surface area contributed by atoms with E-state index in [0.717, 1.165) is 30.2 Å². The number of benzene rings is 1. The topological polar surface area (TPSA) is 49.4 Å². The van der Waals surface area contributed by atoms with Crippen molar-refractivity contribution in [3.8, 4) is 0 Å². The molecule has 1 aliphatic heterocycles. The Bertz CT molecular complexity index is 654. The molecule has 0 aromatic heterocycles. The first kappa shape index (κ1) is 17.5. The number of piperidine rings is 1. The molecule has 3 rings (SSSR count). The van der Waals surface area contributed by atoms with Crippen molar-refractivity contribution in [1.29, 1.82) is 0 Å². The Morgan fingerprint density at radius 1 is 1.26 bits per heavy atom. The Balaban J connectivity index is 1.62. The molecule has 128 valence electrons. The molecule has 1 N–H and O–H groups in total. The third-order valence-electron chi connectivity index (χ3n) is 4.61. The maximum atomic E-state index is 12.8. The molecular formula is C16H23ClN2O2S2. The summed E-state index contributed by atoms with van der Waals surface area (Å²) in [6, 6.07) is 5.46. The third-order valence-corrected chi connectivity index (χ3v) is 7.72. The van der Waals surface area contributed by atoms with Crippen LogP contribution in [0.4, 0.5) is 0 Å². The Hall–Kier alpha value is -0.270. The van der Waals surface area contributed by atoms with Crippen molar-refractivity contribution in [1.82, 2.24) is 9.62 Å². The number of hydrogen-bond donors (Lipinski definition) is 1.